The Morgan fingerprint density at radius 3 is 2.41 bits per heavy atom. The summed E-state index contributed by atoms with van der Waals surface area (Å²) in [5.41, 5.74) is 0.585. The third kappa shape index (κ3) is 6.01. The van der Waals surface area contributed by atoms with E-state index in [1.165, 1.54) is 49.6 Å². The molecule has 2 aromatic rings. The number of carbonyl (C=O) groups excluding carboxylic acids is 1. The van der Waals surface area contributed by atoms with E-state index in [4.69, 9.17) is 38.9 Å². The molecule has 2 aliphatic heterocycles. The molecule has 1 unspecified atom stereocenters. The molecule has 2 heterocycles. The van der Waals surface area contributed by atoms with Gasteiger partial charge in [0, 0.05) is 56.2 Å². The van der Waals surface area contributed by atoms with E-state index in [1.54, 1.807) is 0 Å². The van der Waals surface area contributed by atoms with Gasteiger partial charge in [0.1, 0.15) is 5.75 Å². The van der Waals surface area contributed by atoms with Crippen LogP contribution in [0.5, 0.6) is 17.2 Å². The molecule has 2 aromatic carbocycles. The number of hydrogen-bond acceptors (Lipinski definition) is 6. The van der Waals surface area contributed by atoms with E-state index in [-0.39, 0.29) is 24.7 Å². The van der Waals surface area contributed by atoms with Crippen molar-refractivity contribution in [2.45, 2.75) is 51.2 Å². The number of nitrogens with zero attached hydrogens (tertiary/aromatic N) is 2. The molecular weight excluding hydrogens is 472 g/mol. The largest absolute Gasteiger partial charge is 0.497 e. The Balaban J connectivity index is 1.94. The molecule has 1 N–H and O–H groups in total. The minimum atomic E-state index is -4.53. The Kier molecular flexibility index (Phi) is 4.02. The number of carbonyl (C=O) groups is 2. The molecule has 8 nitrogen and oxygen atoms in total. The van der Waals surface area contributed by atoms with Gasteiger partial charge in [0.05, 0.1) is 19.6 Å². The van der Waals surface area contributed by atoms with Crippen LogP contribution in [0.15, 0.2) is 42.5 Å². The van der Waals surface area contributed by atoms with E-state index < -0.39 is 93.4 Å². The zero-order valence-electron chi connectivity index (χ0n) is 37.8. The Bertz CT molecular complexity index is 1720. The van der Waals surface area contributed by atoms with Crippen LogP contribution in [-0.2, 0) is 9.59 Å². The van der Waals surface area contributed by atoms with Crippen molar-refractivity contribution in [1.82, 2.24) is 9.80 Å². The first-order chi connectivity index (χ1) is 24.8. The minimum absolute atomic E-state index is 0.124. The topological polar surface area (TPSA) is 88.5 Å². The maximum Gasteiger partial charge on any atom is 0.309 e. The number of fused-ring (bicyclic) bond motifs is 1. The maximum atomic E-state index is 14.5. The van der Waals surface area contributed by atoms with Crippen molar-refractivity contribution in [3.8, 4) is 17.2 Å². The second kappa shape index (κ2) is 12.3. The second-order valence-corrected chi connectivity index (χ2v) is 8.18. The zero-order chi connectivity index (χ0) is 42.1. The van der Waals surface area contributed by atoms with Crippen molar-refractivity contribution in [2.75, 3.05) is 40.0 Å². The number of hydrogen-bond donors (Lipinski definition) is 1. The van der Waals surface area contributed by atoms with E-state index in [2.05, 4.69) is 0 Å². The number of amides is 1. The third-order valence-corrected chi connectivity index (χ3v) is 6.21. The second-order valence-electron chi connectivity index (χ2n) is 8.18. The molecule has 0 radical (unpaired) electrons. The molecule has 0 bridgehead atoms. The van der Waals surface area contributed by atoms with Gasteiger partial charge in [-0.15, -0.1) is 0 Å². The number of benzene rings is 2. The number of rotatable bonds is 12. The number of aliphatic carboxylic acids is 1. The van der Waals surface area contributed by atoms with Crippen LogP contribution in [-0.4, -0.2) is 66.8 Å². The van der Waals surface area contributed by atoms with Crippen LogP contribution < -0.4 is 14.2 Å². The fourth-order valence-corrected chi connectivity index (χ4v) is 4.64. The van der Waals surface area contributed by atoms with Gasteiger partial charge in [0.25, 0.3) is 0 Å². The Labute approximate surface area is 244 Å². The van der Waals surface area contributed by atoms with Gasteiger partial charge in [0.2, 0.25) is 12.7 Å². The highest BCUT2D eigenvalue weighted by molar-refractivity contribution is 5.79. The molecule has 1 fully saturated rings. The first-order valence-electron chi connectivity index (χ1n) is 20.1. The average Bonchev–Trinajstić information content (AvgIpc) is 3.67. The first-order valence-corrected chi connectivity index (χ1v) is 11.1. The van der Waals surface area contributed by atoms with Crippen LogP contribution >= 0.6 is 0 Å². The molecule has 0 saturated carbocycles. The Morgan fingerprint density at radius 1 is 1.08 bits per heavy atom. The summed E-state index contributed by atoms with van der Waals surface area (Å²) in [6.07, 6.45) is -17.4. The van der Waals surface area contributed by atoms with Crippen LogP contribution in [0, 0.1) is 5.92 Å². The molecule has 1 saturated heterocycles. The third-order valence-electron chi connectivity index (χ3n) is 6.21. The number of ether oxygens (including phenoxy) is 3. The highest BCUT2D eigenvalue weighted by Crippen LogP contribution is 2.47. The summed E-state index contributed by atoms with van der Waals surface area (Å²) in [5, 5.41) is 10.6. The lowest BCUT2D eigenvalue weighted by Gasteiger charge is -2.30. The molecular formula is C29H38N2O6. The van der Waals surface area contributed by atoms with E-state index >= 15 is 0 Å². The van der Waals surface area contributed by atoms with Crippen LogP contribution in [0.4, 0.5) is 0 Å². The summed E-state index contributed by atoms with van der Waals surface area (Å²) in [7, 11) is 1.36. The molecule has 200 valence electrons. The predicted molar refractivity (Wildman–Crippen MR) is 140 cm³/mol. The molecule has 3 atom stereocenters. The summed E-state index contributed by atoms with van der Waals surface area (Å²) in [5.74, 6) is -4.83. The predicted octanol–water partition coefficient (Wildman–Crippen LogP) is 4.69. The average molecular weight is 529 g/mol. The lowest BCUT2D eigenvalue weighted by Crippen LogP contribution is -2.42. The van der Waals surface area contributed by atoms with Crippen molar-refractivity contribution in [1.29, 1.82) is 0 Å². The summed E-state index contributed by atoms with van der Waals surface area (Å²) in [6, 6.07) is 9.03. The maximum absolute atomic E-state index is 14.5. The van der Waals surface area contributed by atoms with Crippen molar-refractivity contribution in [3.05, 3.63) is 53.6 Å². The summed E-state index contributed by atoms with van der Waals surface area (Å²) in [4.78, 5) is 27.9. The highest BCUT2D eigenvalue weighted by atomic mass is 16.7. The molecule has 0 aliphatic carbocycles. The Hall–Kier alpha value is -3.26. The molecule has 8 heteroatoms. The lowest BCUT2D eigenvalue weighted by molar-refractivity contribution is -0.144. The van der Waals surface area contributed by atoms with Crippen molar-refractivity contribution in [2.24, 2.45) is 5.92 Å². The number of carboxylic acid groups (broad SMARTS) is 1. The van der Waals surface area contributed by atoms with E-state index in [1.807, 2.05) is 0 Å². The van der Waals surface area contributed by atoms with Crippen molar-refractivity contribution in [3.63, 3.8) is 0 Å². The minimum Gasteiger partial charge on any atom is -0.497 e. The molecule has 0 aromatic heterocycles. The van der Waals surface area contributed by atoms with Crippen molar-refractivity contribution >= 4 is 11.9 Å². The van der Waals surface area contributed by atoms with Crippen LogP contribution in [0.2, 0.25) is 0 Å². The highest BCUT2D eigenvalue weighted by Gasteiger charge is 2.48. The van der Waals surface area contributed by atoms with Gasteiger partial charge in [-0.1, -0.05) is 44.6 Å². The quantitative estimate of drug-likeness (QED) is 0.427. The number of methoxy groups -OCH3 is 1. The summed E-state index contributed by atoms with van der Waals surface area (Å²) < 4.78 is 162. The molecule has 37 heavy (non-hydrogen) atoms. The van der Waals surface area contributed by atoms with Gasteiger partial charge in [-0.05, 0) is 48.1 Å². The molecule has 1 amide bonds. The molecule has 4 rings (SSSR count). The first kappa shape index (κ1) is 12.1. The zero-order valence-corrected chi connectivity index (χ0v) is 19.8. The van der Waals surface area contributed by atoms with Crippen LogP contribution in [0.25, 0.3) is 0 Å². The van der Waals surface area contributed by atoms with E-state index in [0.717, 1.165) is 4.90 Å². The fourth-order valence-electron chi connectivity index (χ4n) is 4.64. The van der Waals surface area contributed by atoms with E-state index in [9.17, 15) is 14.7 Å². The van der Waals surface area contributed by atoms with Crippen LogP contribution in [0.1, 0.15) is 87.0 Å². The van der Waals surface area contributed by atoms with Crippen LogP contribution in [0.3, 0.4) is 0 Å². The SMILES string of the molecule is [2H]C([2H])([2H])C([2H])([2H])C([2H])([2H])C([2H])([2H])N(C(=O)CN1C[C@H](c2ccc3c(c2)OCO3)C(C(=O)O)[C@@H]1c1ccc(OC)cc1)C([2H])([2H])C([2H])([2H])C([2H])([2H])C([2H])([2H])[2H]. The van der Waals surface area contributed by atoms with Gasteiger partial charge < -0.3 is 24.2 Å². The molecule has 0 spiro atoms. The monoisotopic (exact) mass is 528 g/mol. The van der Waals surface area contributed by atoms with Crippen molar-refractivity contribution < 1.29 is 53.6 Å². The normalized spacial score (nSPS) is 30.9. The summed E-state index contributed by atoms with van der Waals surface area (Å²) >= 11 is 0. The van der Waals surface area contributed by atoms with Gasteiger partial charge in [-0.3, -0.25) is 14.5 Å². The van der Waals surface area contributed by atoms with Gasteiger partial charge >= 0.3 is 5.97 Å². The Morgan fingerprint density at radius 2 is 1.76 bits per heavy atom. The van der Waals surface area contributed by atoms with Gasteiger partial charge in [-0.25, -0.2) is 0 Å². The van der Waals surface area contributed by atoms with E-state index in [0.29, 0.717) is 17.1 Å². The smallest absolute Gasteiger partial charge is 0.309 e. The van der Waals surface area contributed by atoms with Gasteiger partial charge in [-0.2, -0.15) is 0 Å². The standard InChI is InChI=1S/C29H38N2O6/c1-4-6-14-30(15-7-5-2)26(32)18-31-17-23(21-10-13-24-25(16-21)37-19-36-24)27(29(33)34)28(31)20-8-11-22(35-3)12-9-20/h8-13,16,23,27-28H,4-7,14-15,17-19H2,1-3H3,(H,33,34)/t23-,27?,28+/m1/s1/i1D3,2D3,4D2,5D2,6D2,7D2,14D2,15D2. The fraction of sp³-hybridized carbons (Fsp3) is 0.517. The molecule has 2 aliphatic rings. The van der Waals surface area contributed by atoms with Gasteiger partial charge in [0.15, 0.2) is 11.5 Å². The number of carboxylic acids is 1. The summed E-state index contributed by atoms with van der Waals surface area (Å²) in [6.45, 7) is -18.8. The lowest BCUT2D eigenvalue weighted by atomic mass is 9.82. The number of likely N-dealkylation sites (tertiary alicyclic amines) is 1.